The first-order valence-electron chi connectivity index (χ1n) is 43.0. The van der Waals surface area contributed by atoms with Gasteiger partial charge in [0, 0.05) is 25.7 Å². The van der Waals surface area contributed by atoms with E-state index >= 15 is 0 Å². The number of carbonyl (C=O) groups is 4. The Morgan fingerprint density at radius 3 is 0.745 bits per heavy atom. The Bertz CT molecular complexity index is 1960. The molecule has 0 heterocycles. The molecule has 0 spiro atoms. The van der Waals surface area contributed by atoms with Gasteiger partial charge < -0.3 is 33.8 Å². The van der Waals surface area contributed by atoms with Gasteiger partial charge in [0.1, 0.15) is 19.3 Å². The maximum absolute atomic E-state index is 13.1. The molecule has 0 radical (unpaired) electrons. The van der Waals surface area contributed by atoms with Crippen LogP contribution in [-0.4, -0.2) is 96.7 Å². The minimum Gasteiger partial charge on any atom is -0.462 e. The highest BCUT2D eigenvalue weighted by molar-refractivity contribution is 7.47. The Hall–Kier alpha value is -1.94. The van der Waals surface area contributed by atoms with Gasteiger partial charge in [-0.3, -0.25) is 37.3 Å². The van der Waals surface area contributed by atoms with Gasteiger partial charge in [-0.15, -0.1) is 0 Å². The predicted octanol–water partition coefficient (Wildman–Crippen LogP) is 25.1. The smallest absolute Gasteiger partial charge is 0.462 e. The van der Waals surface area contributed by atoms with E-state index in [0.29, 0.717) is 25.7 Å². The first-order chi connectivity index (χ1) is 49.4. The summed E-state index contributed by atoms with van der Waals surface area (Å²) >= 11 is 0. The molecule has 0 bridgehead atoms. The number of unbranched alkanes of at least 4 members (excludes halogenated alkanes) is 51. The van der Waals surface area contributed by atoms with Crippen LogP contribution in [0.3, 0.4) is 0 Å². The summed E-state index contributed by atoms with van der Waals surface area (Å²) in [5.74, 6) is -0.563. The summed E-state index contributed by atoms with van der Waals surface area (Å²) < 4.78 is 68.8. The van der Waals surface area contributed by atoms with Gasteiger partial charge in [-0.25, -0.2) is 9.13 Å². The third kappa shape index (κ3) is 74.9. The summed E-state index contributed by atoms with van der Waals surface area (Å²) in [6.45, 7) is 9.66. The lowest BCUT2D eigenvalue weighted by Gasteiger charge is -2.21. The SMILES string of the molecule is CCCCCCCCCCCCCCCCCCCCCC(=O)O[C@H](COC(=O)CCCCCCCCCCCCCCCCCCC)COP(=O)(O)OC[C@@H](O)COP(=O)(O)OC[C@@H](COC(=O)CCCCCCCCCCC(C)CC)OC(=O)CCCCCCCCCCCCCC(C)C. The number of hydrogen-bond acceptors (Lipinski definition) is 15. The molecule has 19 heteroatoms. The van der Waals surface area contributed by atoms with Crippen LogP contribution in [0, 0.1) is 11.8 Å². The Morgan fingerprint density at radius 2 is 0.500 bits per heavy atom. The molecule has 606 valence electrons. The molecule has 17 nitrogen and oxygen atoms in total. The normalized spacial score (nSPS) is 14.1. The number of ether oxygens (including phenoxy) is 4. The quantitative estimate of drug-likeness (QED) is 0.0222. The summed E-state index contributed by atoms with van der Waals surface area (Å²) in [5.41, 5.74) is 0. The molecular weight excluding hydrogens is 1330 g/mol. The first kappa shape index (κ1) is 100. The first-order valence-corrected chi connectivity index (χ1v) is 46.0. The number of esters is 4. The van der Waals surface area contributed by atoms with Gasteiger partial charge in [0.05, 0.1) is 26.4 Å². The summed E-state index contributed by atoms with van der Waals surface area (Å²) in [7, 11) is -9.92. The van der Waals surface area contributed by atoms with Crippen molar-refractivity contribution in [3.05, 3.63) is 0 Å². The van der Waals surface area contributed by atoms with Crippen molar-refractivity contribution in [3.8, 4) is 0 Å². The second-order valence-corrected chi connectivity index (χ2v) is 33.5. The molecule has 0 aromatic rings. The van der Waals surface area contributed by atoms with Crippen molar-refractivity contribution in [3.63, 3.8) is 0 Å². The second kappa shape index (κ2) is 74.5. The van der Waals surface area contributed by atoms with Crippen LogP contribution in [0.1, 0.15) is 440 Å². The van der Waals surface area contributed by atoms with E-state index in [9.17, 15) is 43.2 Å². The van der Waals surface area contributed by atoms with Crippen LogP contribution in [0.25, 0.3) is 0 Å². The molecule has 3 unspecified atom stereocenters. The molecule has 0 aromatic carbocycles. The largest absolute Gasteiger partial charge is 0.472 e. The van der Waals surface area contributed by atoms with E-state index in [1.807, 2.05) is 0 Å². The molecule has 0 aliphatic rings. The Morgan fingerprint density at radius 1 is 0.284 bits per heavy atom. The van der Waals surface area contributed by atoms with Crippen LogP contribution in [0.2, 0.25) is 0 Å². The molecule has 6 atom stereocenters. The van der Waals surface area contributed by atoms with E-state index in [2.05, 4.69) is 41.5 Å². The lowest BCUT2D eigenvalue weighted by atomic mass is 9.99. The fraction of sp³-hybridized carbons (Fsp3) is 0.952. The zero-order valence-corrected chi connectivity index (χ0v) is 68.7. The number of rotatable bonds is 82. The van der Waals surface area contributed by atoms with Gasteiger partial charge in [0.2, 0.25) is 0 Å². The standard InChI is InChI=1S/C83H162O17P2/c1-7-10-12-14-16-18-20-22-24-26-27-29-31-33-37-41-49-55-61-67-82(87)99-78(71-93-80(85)65-59-53-47-40-36-32-30-28-25-23-21-19-17-15-13-11-8-2)73-97-101(89,90)95-69-77(84)70-96-102(91,92)98-74-79(72-94-81(86)66-60-54-48-44-43-46-52-58-64-76(6)9-3)100-83(88)68-62-56-50-42-38-34-35-39-45-51-57-63-75(4)5/h75-79,84H,7-74H2,1-6H3,(H,89,90)(H,91,92)/t76?,77-,78-,79-/m1/s1. The third-order valence-electron chi connectivity index (χ3n) is 19.8. The zero-order chi connectivity index (χ0) is 74.9. The number of phosphoric ester groups is 2. The summed E-state index contributed by atoms with van der Waals surface area (Å²) in [6.07, 6.45) is 65.1. The van der Waals surface area contributed by atoms with Crippen LogP contribution < -0.4 is 0 Å². The van der Waals surface area contributed by atoms with Crippen molar-refractivity contribution >= 4 is 39.5 Å². The van der Waals surface area contributed by atoms with Gasteiger partial charge in [-0.1, -0.05) is 388 Å². The van der Waals surface area contributed by atoms with Crippen molar-refractivity contribution in [1.29, 1.82) is 0 Å². The minimum atomic E-state index is -4.96. The number of aliphatic hydroxyl groups is 1. The molecule has 3 N–H and O–H groups in total. The summed E-state index contributed by atoms with van der Waals surface area (Å²) in [4.78, 5) is 73.1. The van der Waals surface area contributed by atoms with Gasteiger partial charge in [-0.05, 0) is 37.5 Å². The topological polar surface area (TPSA) is 237 Å². The van der Waals surface area contributed by atoms with Crippen molar-refractivity contribution in [1.82, 2.24) is 0 Å². The fourth-order valence-electron chi connectivity index (χ4n) is 12.9. The Labute approximate surface area is 626 Å². The highest BCUT2D eigenvalue weighted by Crippen LogP contribution is 2.45. The summed E-state index contributed by atoms with van der Waals surface area (Å²) in [6, 6.07) is 0. The predicted molar refractivity (Wildman–Crippen MR) is 418 cm³/mol. The Balaban J connectivity index is 5.26. The minimum absolute atomic E-state index is 0.106. The Kier molecular flexibility index (Phi) is 73.1. The van der Waals surface area contributed by atoms with Gasteiger partial charge in [-0.2, -0.15) is 0 Å². The molecule has 0 rings (SSSR count). The van der Waals surface area contributed by atoms with Crippen molar-refractivity contribution in [2.75, 3.05) is 39.6 Å². The van der Waals surface area contributed by atoms with Crippen LogP contribution in [0.4, 0.5) is 0 Å². The van der Waals surface area contributed by atoms with E-state index < -0.39 is 97.5 Å². The van der Waals surface area contributed by atoms with Crippen LogP contribution in [-0.2, 0) is 65.4 Å². The van der Waals surface area contributed by atoms with E-state index in [4.69, 9.17) is 37.0 Å². The van der Waals surface area contributed by atoms with Crippen LogP contribution >= 0.6 is 15.6 Å². The maximum atomic E-state index is 13.1. The maximum Gasteiger partial charge on any atom is 0.472 e. The van der Waals surface area contributed by atoms with Gasteiger partial charge >= 0.3 is 39.5 Å². The van der Waals surface area contributed by atoms with E-state index in [-0.39, 0.29) is 25.7 Å². The number of phosphoric acid groups is 2. The third-order valence-corrected chi connectivity index (χ3v) is 21.7. The van der Waals surface area contributed by atoms with Crippen LogP contribution in [0.15, 0.2) is 0 Å². The number of hydrogen-bond donors (Lipinski definition) is 3. The van der Waals surface area contributed by atoms with E-state index in [1.165, 1.54) is 257 Å². The molecule has 102 heavy (non-hydrogen) atoms. The van der Waals surface area contributed by atoms with Gasteiger partial charge in [0.15, 0.2) is 12.2 Å². The van der Waals surface area contributed by atoms with Crippen molar-refractivity contribution in [2.45, 2.75) is 458 Å². The summed E-state index contributed by atoms with van der Waals surface area (Å²) in [5, 5.41) is 10.7. The molecule has 0 amide bonds. The van der Waals surface area contributed by atoms with Crippen molar-refractivity contribution in [2.24, 2.45) is 11.8 Å². The lowest BCUT2D eigenvalue weighted by Crippen LogP contribution is -2.30. The fourth-order valence-corrected chi connectivity index (χ4v) is 14.4. The van der Waals surface area contributed by atoms with Gasteiger partial charge in [0.25, 0.3) is 0 Å². The molecule has 0 saturated carbocycles. The second-order valence-electron chi connectivity index (χ2n) is 30.6. The zero-order valence-electron chi connectivity index (χ0n) is 66.9. The molecular formula is C83H162O17P2. The average molecular weight is 1490 g/mol. The number of aliphatic hydroxyl groups excluding tert-OH is 1. The van der Waals surface area contributed by atoms with Crippen LogP contribution in [0.5, 0.6) is 0 Å². The molecule has 0 aliphatic heterocycles. The van der Waals surface area contributed by atoms with E-state index in [0.717, 1.165) is 102 Å². The highest BCUT2D eigenvalue weighted by Gasteiger charge is 2.30. The molecule has 0 aliphatic carbocycles. The molecule has 0 aromatic heterocycles. The monoisotopic (exact) mass is 1490 g/mol. The number of carbonyl (C=O) groups excluding carboxylic acids is 4. The van der Waals surface area contributed by atoms with E-state index in [1.54, 1.807) is 0 Å². The molecule has 0 saturated heterocycles. The van der Waals surface area contributed by atoms with Crippen molar-refractivity contribution < 1.29 is 80.2 Å². The highest BCUT2D eigenvalue weighted by atomic mass is 31.2. The molecule has 0 fully saturated rings. The lowest BCUT2D eigenvalue weighted by molar-refractivity contribution is -0.161. The average Bonchev–Trinajstić information content (AvgIpc) is 0.914.